The summed E-state index contributed by atoms with van der Waals surface area (Å²) < 4.78 is 0. The van der Waals surface area contributed by atoms with Gasteiger partial charge in [0.25, 0.3) is 5.91 Å². The summed E-state index contributed by atoms with van der Waals surface area (Å²) in [5.41, 5.74) is 0.709. The fraction of sp³-hybridized carbons (Fsp3) is 0.267. The molecule has 21 heavy (non-hydrogen) atoms. The van der Waals surface area contributed by atoms with Gasteiger partial charge in [-0.3, -0.25) is 4.79 Å². The highest BCUT2D eigenvalue weighted by molar-refractivity contribution is 5.97. The summed E-state index contributed by atoms with van der Waals surface area (Å²) in [5, 5.41) is 23.3. The second-order valence-corrected chi connectivity index (χ2v) is 4.48. The van der Waals surface area contributed by atoms with Crippen LogP contribution in [0.2, 0.25) is 0 Å². The third-order valence-corrected chi connectivity index (χ3v) is 2.87. The molecule has 1 aromatic rings. The number of hydrogen-bond acceptors (Lipinski definition) is 4. The molecule has 0 spiro atoms. The van der Waals surface area contributed by atoms with Crippen LogP contribution >= 0.6 is 0 Å². The molecule has 1 amide bonds. The SMILES string of the molecule is CCC(C)NC(=O)/C(C#N)=C\Nc1ccc(C(=O)O)cc1. The van der Waals surface area contributed by atoms with E-state index in [9.17, 15) is 9.59 Å². The first-order valence-electron chi connectivity index (χ1n) is 6.49. The average molecular weight is 287 g/mol. The molecule has 0 saturated carbocycles. The predicted molar refractivity (Wildman–Crippen MR) is 78.6 cm³/mol. The highest BCUT2D eigenvalue weighted by Gasteiger charge is 2.11. The lowest BCUT2D eigenvalue weighted by Gasteiger charge is -2.10. The van der Waals surface area contributed by atoms with Crippen LogP contribution in [0.3, 0.4) is 0 Å². The smallest absolute Gasteiger partial charge is 0.335 e. The number of rotatable bonds is 6. The number of aromatic carboxylic acids is 1. The number of anilines is 1. The van der Waals surface area contributed by atoms with Crippen LogP contribution < -0.4 is 10.6 Å². The molecule has 3 N–H and O–H groups in total. The molecular formula is C15H17N3O3. The predicted octanol–water partition coefficient (Wildman–Crippen LogP) is 2.12. The van der Waals surface area contributed by atoms with E-state index in [0.29, 0.717) is 5.69 Å². The lowest BCUT2D eigenvalue weighted by molar-refractivity contribution is -0.117. The van der Waals surface area contributed by atoms with E-state index in [1.54, 1.807) is 12.1 Å². The highest BCUT2D eigenvalue weighted by atomic mass is 16.4. The number of nitrogens with zero attached hydrogens (tertiary/aromatic N) is 1. The van der Waals surface area contributed by atoms with E-state index in [-0.39, 0.29) is 17.2 Å². The van der Waals surface area contributed by atoms with Gasteiger partial charge in [0.15, 0.2) is 0 Å². The minimum Gasteiger partial charge on any atom is -0.478 e. The maximum Gasteiger partial charge on any atom is 0.335 e. The first kappa shape index (κ1) is 16.2. The quantitative estimate of drug-likeness (QED) is 0.549. The van der Waals surface area contributed by atoms with Crippen molar-refractivity contribution >= 4 is 17.6 Å². The molecule has 1 rings (SSSR count). The number of carbonyl (C=O) groups is 2. The minimum absolute atomic E-state index is 0.0101. The van der Waals surface area contributed by atoms with Gasteiger partial charge in [-0.15, -0.1) is 0 Å². The number of nitrogens with one attached hydrogen (secondary N) is 2. The van der Waals surface area contributed by atoms with Crippen LogP contribution in [-0.4, -0.2) is 23.0 Å². The molecule has 1 unspecified atom stereocenters. The number of carboxylic acid groups (broad SMARTS) is 1. The Labute approximate surface area is 123 Å². The Kier molecular flexibility index (Phi) is 5.96. The van der Waals surface area contributed by atoms with E-state index in [0.717, 1.165) is 6.42 Å². The van der Waals surface area contributed by atoms with E-state index in [1.165, 1.54) is 18.3 Å². The zero-order valence-corrected chi connectivity index (χ0v) is 11.9. The van der Waals surface area contributed by atoms with E-state index >= 15 is 0 Å². The summed E-state index contributed by atoms with van der Waals surface area (Å²) in [7, 11) is 0. The number of carboxylic acids is 1. The van der Waals surface area contributed by atoms with Crippen LogP contribution in [-0.2, 0) is 4.79 Å². The van der Waals surface area contributed by atoms with Crippen LogP contribution in [0.15, 0.2) is 36.0 Å². The minimum atomic E-state index is -1.01. The van der Waals surface area contributed by atoms with Gasteiger partial charge >= 0.3 is 5.97 Å². The molecule has 110 valence electrons. The number of benzene rings is 1. The molecule has 0 radical (unpaired) electrons. The molecule has 0 heterocycles. The highest BCUT2D eigenvalue weighted by Crippen LogP contribution is 2.10. The van der Waals surface area contributed by atoms with Crippen molar-refractivity contribution in [2.45, 2.75) is 26.3 Å². The number of amides is 1. The Hall–Kier alpha value is -2.81. The third-order valence-electron chi connectivity index (χ3n) is 2.87. The van der Waals surface area contributed by atoms with Crippen LogP contribution in [0.4, 0.5) is 5.69 Å². The second kappa shape index (κ2) is 7.70. The van der Waals surface area contributed by atoms with Crippen LogP contribution in [0.1, 0.15) is 30.6 Å². The fourth-order valence-electron chi connectivity index (χ4n) is 1.42. The zero-order chi connectivity index (χ0) is 15.8. The average Bonchev–Trinajstić information content (AvgIpc) is 2.48. The number of hydrogen-bond donors (Lipinski definition) is 3. The van der Waals surface area contributed by atoms with Gasteiger partial charge in [-0.1, -0.05) is 6.92 Å². The summed E-state index contributed by atoms with van der Waals surface area (Å²) in [5.74, 6) is -1.45. The summed E-state index contributed by atoms with van der Waals surface area (Å²) in [6.45, 7) is 3.79. The molecule has 0 bridgehead atoms. The Bertz CT molecular complexity index is 585. The van der Waals surface area contributed by atoms with Gasteiger partial charge in [-0.2, -0.15) is 5.26 Å². The molecule has 6 nitrogen and oxygen atoms in total. The molecule has 0 aliphatic carbocycles. The van der Waals surface area contributed by atoms with E-state index in [2.05, 4.69) is 10.6 Å². The van der Waals surface area contributed by atoms with Gasteiger partial charge in [0.05, 0.1) is 5.56 Å². The molecule has 1 aromatic carbocycles. The third kappa shape index (κ3) is 4.99. The van der Waals surface area contributed by atoms with Crippen LogP contribution in [0.5, 0.6) is 0 Å². The van der Waals surface area contributed by atoms with Crippen molar-refractivity contribution in [3.8, 4) is 6.07 Å². The number of nitriles is 1. The van der Waals surface area contributed by atoms with Gasteiger partial charge in [0, 0.05) is 17.9 Å². The molecule has 0 aliphatic heterocycles. The molecule has 0 aromatic heterocycles. The van der Waals surface area contributed by atoms with E-state index in [4.69, 9.17) is 10.4 Å². The van der Waals surface area contributed by atoms with Gasteiger partial charge < -0.3 is 15.7 Å². The molecular weight excluding hydrogens is 270 g/mol. The van der Waals surface area contributed by atoms with Crippen LogP contribution in [0, 0.1) is 11.3 Å². The summed E-state index contributed by atoms with van der Waals surface area (Å²) >= 11 is 0. The summed E-state index contributed by atoms with van der Waals surface area (Å²) in [4.78, 5) is 22.5. The summed E-state index contributed by atoms with van der Waals surface area (Å²) in [6.07, 6.45) is 2.07. The van der Waals surface area contributed by atoms with Crippen molar-refractivity contribution in [2.75, 3.05) is 5.32 Å². The van der Waals surface area contributed by atoms with Crippen molar-refractivity contribution in [1.82, 2.24) is 5.32 Å². The van der Waals surface area contributed by atoms with Gasteiger partial charge in [0.2, 0.25) is 0 Å². The van der Waals surface area contributed by atoms with Crippen LogP contribution in [0.25, 0.3) is 0 Å². The first-order valence-corrected chi connectivity index (χ1v) is 6.49. The molecule has 1 atom stereocenters. The normalized spacial score (nSPS) is 12.1. The Balaban J connectivity index is 2.74. The Morgan fingerprint density at radius 2 is 2.00 bits per heavy atom. The fourth-order valence-corrected chi connectivity index (χ4v) is 1.42. The Morgan fingerprint density at radius 1 is 1.38 bits per heavy atom. The lowest BCUT2D eigenvalue weighted by atomic mass is 10.2. The standard InChI is InChI=1S/C15H17N3O3/c1-3-10(2)18-14(19)12(8-16)9-17-13-6-4-11(5-7-13)15(20)21/h4-7,9-10,17H,3H2,1-2H3,(H,18,19)(H,20,21)/b12-9-. The van der Waals surface area contributed by atoms with Gasteiger partial charge in [0.1, 0.15) is 11.6 Å². The second-order valence-electron chi connectivity index (χ2n) is 4.48. The van der Waals surface area contributed by atoms with Crippen molar-refractivity contribution in [3.05, 3.63) is 41.6 Å². The van der Waals surface area contributed by atoms with Gasteiger partial charge in [-0.25, -0.2) is 4.79 Å². The first-order chi connectivity index (χ1) is 9.97. The molecule has 6 heteroatoms. The van der Waals surface area contributed by atoms with E-state index in [1.807, 2.05) is 19.9 Å². The summed E-state index contributed by atoms with van der Waals surface area (Å²) in [6, 6.07) is 7.80. The topological polar surface area (TPSA) is 102 Å². The van der Waals surface area contributed by atoms with Gasteiger partial charge in [-0.05, 0) is 37.6 Å². The lowest BCUT2D eigenvalue weighted by Crippen LogP contribution is -2.33. The van der Waals surface area contributed by atoms with Crippen molar-refractivity contribution in [1.29, 1.82) is 5.26 Å². The van der Waals surface area contributed by atoms with E-state index < -0.39 is 11.9 Å². The molecule has 0 aliphatic rings. The molecule has 0 fully saturated rings. The zero-order valence-electron chi connectivity index (χ0n) is 11.9. The van der Waals surface area contributed by atoms with Crippen molar-refractivity contribution in [2.24, 2.45) is 0 Å². The van der Waals surface area contributed by atoms with Crippen molar-refractivity contribution in [3.63, 3.8) is 0 Å². The monoisotopic (exact) mass is 287 g/mol. The maximum atomic E-state index is 11.8. The maximum absolute atomic E-state index is 11.8. The largest absolute Gasteiger partial charge is 0.478 e. The van der Waals surface area contributed by atoms with Crippen molar-refractivity contribution < 1.29 is 14.7 Å². The Morgan fingerprint density at radius 3 is 2.48 bits per heavy atom. The molecule has 0 saturated heterocycles. The number of carbonyl (C=O) groups excluding carboxylic acids is 1.